The summed E-state index contributed by atoms with van der Waals surface area (Å²) >= 11 is 0. The van der Waals surface area contributed by atoms with Crippen LogP contribution in [0.25, 0.3) is 0 Å². The maximum absolute atomic E-state index is 12.5. The van der Waals surface area contributed by atoms with E-state index in [1.807, 2.05) is 26.1 Å². The quantitative estimate of drug-likeness (QED) is 0.905. The Morgan fingerprint density at radius 2 is 2.33 bits per heavy atom. The maximum atomic E-state index is 12.5. The van der Waals surface area contributed by atoms with Crippen molar-refractivity contribution < 1.29 is 4.79 Å². The van der Waals surface area contributed by atoms with E-state index in [0.717, 1.165) is 37.3 Å². The van der Waals surface area contributed by atoms with Crippen molar-refractivity contribution in [2.45, 2.75) is 26.3 Å². The Labute approximate surface area is 124 Å². The lowest BCUT2D eigenvalue weighted by Gasteiger charge is -2.20. The minimum atomic E-state index is -0.0843. The molecule has 110 valence electrons. The maximum Gasteiger partial charge on any atom is 0.259 e. The average Bonchev–Trinajstić information content (AvgIpc) is 2.89. The largest absolute Gasteiger partial charge is 0.322 e. The lowest BCUT2D eigenvalue weighted by Crippen LogP contribution is -2.25. The van der Waals surface area contributed by atoms with Crippen LogP contribution in [0.15, 0.2) is 24.4 Å². The molecule has 2 aromatic rings. The molecule has 0 radical (unpaired) electrons. The molecule has 0 bridgehead atoms. The van der Waals surface area contributed by atoms with Gasteiger partial charge in [0.2, 0.25) is 0 Å². The number of anilines is 1. The van der Waals surface area contributed by atoms with Crippen LogP contribution in [-0.4, -0.2) is 22.2 Å². The van der Waals surface area contributed by atoms with Crippen LogP contribution >= 0.6 is 0 Å². The number of benzene rings is 1. The van der Waals surface area contributed by atoms with Crippen LogP contribution < -0.4 is 10.6 Å². The molecule has 2 heterocycles. The van der Waals surface area contributed by atoms with Crippen molar-refractivity contribution in [1.82, 2.24) is 15.1 Å². The van der Waals surface area contributed by atoms with E-state index in [2.05, 4.69) is 21.8 Å². The number of hydrogen-bond acceptors (Lipinski definition) is 3. The van der Waals surface area contributed by atoms with Gasteiger partial charge in [-0.2, -0.15) is 5.10 Å². The molecule has 0 saturated heterocycles. The van der Waals surface area contributed by atoms with E-state index >= 15 is 0 Å². The first-order valence-electron chi connectivity index (χ1n) is 7.34. The zero-order valence-electron chi connectivity index (χ0n) is 12.4. The van der Waals surface area contributed by atoms with Crippen LogP contribution in [-0.2, 0) is 26.4 Å². The molecule has 0 aliphatic carbocycles. The molecule has 3 rings (SSSR count). The van der Waals surface area contributed by atoms with Crippen molar-refractivity contribution in [1.29, 1.82) is 0 Å². The molecule has 1 aromatic heterocycles. The highest BCUT2D eigenvalue weighted by molar-refractivity contribution is 6.05. The highest BCUT2D eigenvalue weighted by Gasteiger charge is 2.18. The molecule has 0 unspecified atom stereocenters. The topological polar surface area (TPSA) is 59.0 Å². The highest BCUT2D eigenvalue weighted by Crippen LogP contribution is 2.23. The van der Waals surface area contributed by atoms with Crippen molar-refractivity contribution in [2.75, 3.05) is 11.9 Å². The Kier molecular flexibility index (Phi) is 3.75. The van der Waals surface area contributed by atoms with Gasteiger partial charge in [-0.25, -0.2) is 0 Å². The molecule has 1 amide bonds. The fourth-order valence-electron chi connectivity index (χ4n) is 2.81. The van der Waals surface area contributed by atoms with Crippen molar-refractivity contribution in [3.8, 4) is 0 Å². The van der Waals surface area contributed by atoms with Gasteiger partial charge >= 0.3 is 0 Å². The molecule has 0 atom stereocenters. The fraction of sp³-hybridized carbons (Fsp3) is 0.375. The molecular formula is C16H20N4O. The predicted molar refractivity (Wildman–Crippen MR) is 82.4 cm³/mol. The molecule has 1 aliphatic rings. The van der Waals surface area contributed by atoms with E-state index in [9.17, 15) is 4.79 Å². The Bertz CT molecular complexity index is 675. The van der Waals surface area contributed by atoms with Crippen LogP contribution in [0.4, 0.5) is 5.69 Å². The number of carbonyl (C=O) groups is 1. The first-order chi connectivity index (χ1) is 10.2. The third-order valence-electron chi connectivity index (χ3n) is 3.88. The van der Waals surface area contributed by atoms with Crippen molar-refractivity contribution in [2.24, 2.45) is 7.05 Å². The van der Waals surface area contributed by atoms with E-state index < -0.39 is 0 Å². The second kappa shape index (κ2) is 5.69. The second-order valence-corrected chi connectivity index (χ2v) is 5.34. The molecule has 5 heteroatoms. The summed E-state index contributed by atoms with van der Waals surface area (Å²) in [5, 5.41) is 10.7. The fourth-order valence-corrected chi connectivity index (χ4v) is 2.81. The van der Waals surface area contributed by atoms with Crippen molar-refractivity contribution in [3.05, 3.63) is 46.8 Å². The zero-order chi connectivity index (χ0) is 14.8. The summed E-state index contributed by atoms with van der Waals surface area (Å²) in [5.41, 5.74) is 4.89. The monoisotopic (exact) mass is 284 g/mol. The standard InChI is InChI=1S/C16H20N4O/c1-3-14-13(10-20(2)19-14)16(21)18-15-6-4-5-11-7-8-17-9-12(11)15/h4-6,10,17H,3,7-9H2,1-2H3,(H,18,21). The summed E-state index contributed by atoms with van der Waals surface area (Å²) in [7, 11) is 1.84. The number of rotatable bonds is 3. The SMILES string of the molecule is CCc1nn(C)cc1C(=O)Nc1cccc2c1CNCC2. The van der Waals surface area contributed by atoms with Crippen LogP contribution in [0.2, 0.25) is 0 Å². The van der Waals surface area contributed by atoms with Gasteiger partial charge in [0.25, 0.3) is 5.91 Å². The van der Waals surface area contributed by atoms with Gasteiger partial charge in [0, 0.05) is 25.5 Å². The average molecular weight is 284 g/mol. The summed E-state index contributed by atoms with van der Waals surface area (Å²) in [4.78, 5) is 12.5. The van der Waals surface area contributed by atoms with Gasteiger partial charge in [-0.3, -0.25) is 9.48 Å². The Morgan fingerprint density at radius 1 is 1.48 bits per heavy atom. The van der Waals surface area contributed by atoms with Gasteiger partial charge in [0.05, 0.1) is 11.3 Å². The molecule has 1 aliphatic heterocycles. The van der Waals surface area contributed by atoms with Gasteiger partial charge in [0.15, 0.2) is 0 Å². The zero-order valence-corrected chi connectivity index (χ0v) is 12.4. The molecule has 21 heavy (non-hydrogen) atoms. The summed E-state index contributed by atoms with van der Waals surface area (Å²) in [6.45, 7) is 3.81. The first kappa shape index (κ1) is 13.8. The number of hydrogen-bond donors (Lipinski definition) is 2. The van der Waals surface area contributed by atoms with Gasteiger partial charge in [-0.1, -0.05) is 19.1 Å². The molecule has 0 saturated carbocycles. The molecule has 0 fully saturated rings. The minimum absolute atomic E-state index is 0.0843. The predicted octanol–water partition coefficient (Wildman–Crippen LogP) is 1.88. The van der Waals surface area contributed by atoms with Crippen LogP contribution in [0, 0.1) is 0 Å². The molecule has 2 N–H and O–H groups in total. The summed E-state index contributed by atoms with van der Waals surface area (Å²) < 4.78 is 1.69. The number of aryl methyl sites for hydroxylation is 2. The summed E-state index contributed by atoms with van der Waals surface area (Å²) in [5.74, 6) is -0.0843. The van der Waals surface area contributed by atoms with Gasteiger partial charge in [-0.05, 0) is 36.6 Å². The van der Waals surface area contributed by atoms with E-state index in [0.29, 0.717) is 5.56 Å². The lowest BCUT2D eigenvalue weighted by atomic mass is 9.99. The van der Waals surface area contributed by atoms with E-state index in [-0.39, 0.29) is 5.91 Å². The number of amides is 1. The molecule has 5 nitrogen and oxygen atoms in total. The third-order valence-corrected chi connectivity index (χ3v) is 3.88. The van der Waals surface area contributed by atoms with E-state index in [1.165, 1.54) is 11.1 Å². The molecule has 0 spiro atoms. The Balaban J connectivity index is 1.88. The minimum Gasteiger partial charge on any atom is -0.322 e. The van der Waals surface area contributed by atoms with Crippen molar-refractivity contribution >= 4 is 11.6 Å². The van der Waals surface area contributed by atoms with Crippen LogP contribution in [0.1, 0.15) is 34.1 Å². The Morgan fingerprint density at radius 3 is 3.14 bits per heavy atom. The number of nitrogens with one attached hydrogen (secondary N) is 2. The van der Waals surface area contributed by atoms with Gasteiger partial charge in [-0.15, -0.1) is 0 Å². The number of aromatic nitrogens is 2. The summed E-state index contributed by atoms with van der Waals surface area (Å²) in [6.07, 6.45) is 3.53. The number of nitrogens with zero attached hydrogens (tertiary/aromatic N) is 2. The van der Waals surface area contributed by atoms with Crippen LogP contribution in [0.3, 0.4) is 0 Å². The van der Waals surface area contributed by atoms with Crippen molar-refractivity contribution in [3.63, 3.8) is 0 Å². The third kappa shape index (κ3) is 2.69. The van der Waals surface area contributed by atoms with Gasteiger partial charge in [0.1, 0.15) is 0 Å². The van der Waals surface area contributed by atoms with E-state index in [1.54, 1.807) is 10.9 Å². The summed E-state index contributed by atoms with van der Waals surface area (Å²) in [6, 6.07) is 6.10. The van der Waals surface area contributed by atoms with Crippen LogP contribution in [0.5, 0.6) is 0 Å². The first-order valence-corrected chi connectivity index (χ1v) is 7.34. The van der Waals surface area contributed by atoms with Gasteiger partial charge < -0.3 is 10.6 Å². The van der Waals surface area contributed by atoms with E-state index in [4.69, 9.17) is 0 Å². The Hall–Kier alpha value is -2.14. The highest BCUT2D eigenvalue weighted by atomic mass is 16.1. The number of carbonyl (C=O) groups excluding carboxylic acids is 1. The molecule has 1 aromatic carbocycles. The smallest absolute Gasteiger partial charge is 0.259 e. The molecular weight excluding hydrogens is 264 g/mol. The second-order valence-electron chi connectivity index (χ2n) is 5.34. The lowest BCUT2D eigenvalue weighted by molar-refractivity contribution is 0.102. The normalized spacial score (nSPS) is 13.8. The number of fused-ring (bicyclic) bond motifs is 1.